The third-order valence-corrected chi connectivity index (χ3v) is 7.25. The number of amides is 1. The highest BCUT2D eigenvalue weighted by Crippen LogP contribution is 2.26. The van der Waals surface area contributed by atoms with Crippen molar-refractivity contribution in [3.63, 3.8) is 0 Å². The first-order chi connectivity index (χ1) is 15.7. The van der Waals surface area contributed by atoms with Crippen LogP contribution in [-0.4, -0.2) is 67.0 Å². The molecule has 0 spiro atoms. The Kier molecular flexibility index (Phi) is 10.8. The number of rotatable bonds is 7. The summed E-state index contributed by atoms with van der Waals surface area (Å²) in [5.41, 5.74) is 2.98. The van der Waals surface area contributed by atoms with E-state index in [1.165, 1.54) is 30.4 Å². The van der Waals surface area contributed by atoms with E-state index < -0.39 is 0 Å². The fourth-order valence-corrected chi connectivity index (χ4v) is 5.43. The zero-order valence-electron chi connectivity index (χ0n) is 20.2. The summed E-state index contributed by atoms with van der Waals surface area (Å²) in [4.78, 5) is 22.3. The zero-order chi connectivity index (χ0) is 22.2. The minimum Gasteiger partial charge on any atom is -0.357 e. The summed E-state index contributed by atoms with van der Waals surface area (Å²) in [7, 11) is 0. The first kappa shape index (κ1) is 26.3. The molecule has 6 nitrogen and oxygen atoms in total. The maximum Gasteiger partial charge on any atom is 0.225 e. The predicted molar refractivity (Wildman–Crippen MR) is 146 cm³/mol. The van der Waals surface area contributed by atoms with E-state index in [0.717, 1.165) is 83.9 Å². The molecule has 1 aromatic carbocycles. The van der Waals surface area contributed by atoms with E-state index >= 15 is 0 Å². The van der Waals surface area contributed by atoms with Gasteiger partial charge < -0.3 is 15.5 Å². The van der Waals surface area contributed by atoms with E-state index in [9.17, 15) is 4.79 Å². The lowest BCUT2D eigenvalue weighted by Gasteiger charge is -2.28. The van der Waals surface area contributed by atoms with Gasteiger partial charge in [0.25, 0.3) is 0 Å². The van der Waals surface area contributed by atoms with Crippen LogP contribution in [0.25, 0.3) is 0 Å². The summed E-state index contributed by atoms with van der Waals surface area (Å²) in [5, 5.41) is 6.98. The van der Waals surface area contributed by atoms with Gasteiger partial charge in [0.15, 0.2) is 5.96 Å². The van der Waals surface area contributed by atoms with Crippen LogP contribution in [0.15, 0.2) is 29.3 Å². The molecule has 2 N–H and O–H groups in total. The molecule has 2 heterocycles. The predicted octanol–water partition coefficient (Wildman–Crippen LogP) is 3.79. The normalized spacial score (nSPS) is 21.9. The molecule has 1 aromatic rings. The van der Waals surface area contributed by atoms with E-state index in [1.54, 1.807) is 0 Å². The van der Waals surface area contributed by atoms with Crippen molar-refractivity contribution in [1.29, 1.82) is 0 Å². The zero-order valence-corrected chi connectivity index (χ0v) is 22.6. The van der Waals surface area contributed by atoms with E-state index in [0.29, 0.717) is 11.9 Å². The van der Waals surface area contributed by atoms with E-state index in [4.69, 9.17) is 4.99 Å². The van der Waals surface area contributed by atoms with E-state index in [1.807, 2.05) is 0 Å². The Bertz CT molecular complexity index is 780. The number of halogens is 1. The Morgan fingerprint density at radius 2 is 1.88 bits per heavy atom. The van der Waals surface area contributed by atoms with Gasteiger partial charge >= 0.3 is 0 Å². The van der Waals surface area contributed by atoms with Gasteiger partial charge in [0.05, 0.1) is 0 Å². The number of aliphatic imine (C=N–C) groups is 1. The lowest BCUT2D eigenvalue weighted by molar-refractivity contribution is -0.135. The molecular weight excluding hydrogens is 525 g/mol. The topological polar surface area (TPSA) is 60.0 Å². The van der Waals surface area contributed by atoms with Gasteiger partial charge in [-0.05, 0) is 50.2 Å². The highest BCUT2D eigenvalue weighted by atomic mass is 127. The number of likely N-dealkylation sites (tertiary alicyclic amines) is 1. The molecule has 0 aromatic heterocycles. The molecule has 33 heavy (non-hydrogen) atoms. The summed E-state index contributed by atoms with van der Waals surface area (Å²) in [6, 6.07) is 9.12. The van der Waals surface area contributed by atoms with Crippen LogP contribution in [0.4, 0.5) is 0 Å². The second-order valence-corrected chi connectivity index (χ2v) is 9.66. The minimum atomic E-state index is 0. The standard InChI is InChI=1S/C26H41N5O.HI/c1-2-27-26(28-15-8-16-30-17-13-21-9-6-7-12-23(21)19-30)29-24-14-18-31(20-24)25(32)22-10-4-3-5-11-22;/h6-7,9,12,22,24H,2-5,8,10-11,13-20H2,1H3,(H2,27,28,29);1H. The average Bonchev–Trinajstić information content (AvgIpc) is 3.30. The number of carbonyl (C=O) groups is 1. The highest BCUT2D eigenvalue weighted by Gasteiger charge is 2.31. The van der Waals surface area contributed by atoms with Crippen molar-refractivity contribution in [3.05, 3.63) is 35.4 Å². The van der Waals surface area contributed by atoms with Gasteiger partial charge in [-0.3, -0.25) is 14.7 Å². The van der Waals surface area contributed by atoms with Crippen LogP contribution >= 0.6 is 24.0 Å². The first-order valence-electron chi connectivity index (χ1n) is 12.9. The molecule has 1 saturated carbocycles. The third-order valence-electron chi connectivity index (χ3n) is 7.25. The molecular formula is C26H42IN5O. The van der Waals surface area contributed by atoms with Gasteiger partial charge in [-0.15, -0.1) is 24.0 Å². The summed E-state index contributed by atoms with van der Waals surface area (Å²) >= 11 is 0. The van der Waals surface area contributed by atoms with Crippen molar-refractivity contribution < 1.29 is 4.79 Å². The summed E-state index contributed by atoms with van der Waals surface area (Å²) in [5.74, 6) is 1.55. The number of benzene rings is 1. The van der Waals surface area contributed by atoms with Crippen molar-refractivity contribution >= 4 is 35.8 Å². The second-order valence-electron chi connectivity index (χ2n) is 9.66. The van der Waals surface area contributed by atoms with Crippen LogP contribution in [0.2, 0.25) is 0 Å². The molecule has 184 valence electrons. The van der Waals surface area contributed by atoms with E-state index in [2.05, 4.69) is 51.6 Å². The number of guanidine groups is 1. The summed E-state index contributed by atoms with van der Waals surface area (Å²) in [6.07, 6.45) is 9.12. The molecule has 1 amide bonds. The van der Waals surface area contributed by atoms with Gasteiger partial charge in [0.2, 0.25) is 5.91 Å². The van der Waals surface area contributed by atoms with Crippen molar-refractivity contribution in [2.45, 2.75) is 70.9 Å². The number of hydrogen-bond acceptors (Lipinski definition) is 3. The van der Waals surface area contributed by atoms with Crippen LogP contribution in [0, 0.1) is 5.92 Å². The Morgan fingerprint density at radius 1 is 1.09 bits per heavy atom. The lowest BCUT2D eigenvalue weighted by Crippen LogP contribution is -2.45. The highest BCUT2D eigenvalue weighted by molar-refractivity contribution is 14.0. The summed E-state index contributed by atoms with van der Waals surface area (Å²) in [6.45, 7) is 8.77. The molecule has 0 radical (unpaired) electrons. The molecule has 2 fully saturated rings. The van der Waals surface area contributed by atoms with Crippen LogP contribution in [-0.2, 0) is 17.8 Å². The fraction of sp³-hybridized carbons (Fsp3) is 0.692. The minimum absolute atomic E-state index is 0. The quantitative estimate of drug-likeness (QED) is 0.228. The second kappa shape index (κ2) is 13.5. The van der Waals surface area contributed by atoms with Crippen molar-refractivity contribution in [3.8, 4) is 0 Å². The molecule has 0 bridgehead atoms. The molecule has 1 unspecified atom stereocenters. The van der Waals surface area contributed by atoms with Crippen LogP contribution in [0.5, 0.6) is 0 Å². The van der Waals surface area contributed by atoms with Gasteiger partial charge in [-0.2, -0.15) is 0 Å². The molecule has 1 aliphatic carbocycles. The Labute approximate surface area is 217 Å². The average molecular weight is 568 g/mol. The Hall–Kier alpha value is -1.35. The number of nitrogens with one attached hydrogen (secondary N) is 2. The number of hydrogen-bond donors (Lipinski definition) is 2. The third kappa shape index (κ3) is 7.57. The number of fused-ring (bicyclic) bond motifs is 1. The molecule has 2 aliphatic heterocycles. The van der Waals surface area contributed by atoms with Crippen molar-refractivity contribution in [2.75, 3.05) is 39.3 Å². The maximum absolute atomic E-state index is 12.8. The van der Waals surface area contributed by atoms with Gasteiger partial charge in [-0.25, -0.2) is 0 Å². The molecule has 1 atom stereocenters. The van der Waals surface area contributed by atoms with Gasteiger partial charge in [0, 0.05) is 57.8 Å². The van der Waals surface area contributed by atoms with Gasteiger partial charge in [-0.1, -0.05) is 43.5 Å². The van der Waals surface area contributed by atoms with Crippen LogP contribution < -0.4 is 10.6 Å². The van der Waals surface area contributed by atoms with Gasteiger partial charge in [0.1, 0.15) is 0 Å². The largest absolute Gasteiger partial charge is 0.357 e. The molecule has 1 saturated heterocycles. The number of carbonyl (C=O) groups excluding carboxylic acids is 1. The monoisotopic (exact) mass is 567 g/mol. The van der Waals surface area contributed by atoms with Crippen LogP contribution in [0.1, 0.15) is 63.0 Å². The maximum atomic E-state index is 12.8. The first-order valence-corrected chi connectivity index (χ1v) is 12.9. The Morgan fingerprint density at radius 3 is 2.67 bits per heavy atom. The molecule has 3 aliphatic rings. The van der Waals surface area contributed by atoms with Crippen LogP contribution in [0.3, 0.4) is 0 Å². The molecule has 7 heteroatoms. The van der Waals surface area contributed by atoms with Crippen molar-refractivity contribution in [2.24, 2.45) is 10.9 Å². The van der Waals surface area contributed by atoms with Crippen molar-refractivity contribution in [1.82, 2.24) is 20.4 Å². The number of nitrogens with zero attached hydrogens (tertiary/aromatic N) is 3. The fourth-order valence-electron chi connectivity index (χ4n) is 5.43. The molecule has 4 rings (SSSR count). The van der Waals surface area contributed by atoms with E-state index in [-0.39, 0.29) is 29.9 Å². The lowest BCUT2D eigenvalue weighted by atomic mass is 9.88. The Balaban J connectivity index is 0.00000306. The summed E-state index contributed by atoms with van der Waals surface area (Å²) < 4.78 is 0. The SMILES string of the molecule is CCNC(=NCCCN1CCc2ccccc2C1)NC1CCN(C(=O)C2CCCCC2)C1.I. The smallest absolute Gasteiger partial charge is 0.225 e.